The molecule has 0 saturated carbocycles. The quantitative estimate of drug-likeness (QED) is 0.826. The number of phenols is 1. The number of hydrogen-bond donors (Lipinski definition) is 2. The maximum absolute atomic E-state index is 12.8. The van der Waals surface area contributed by atoms with Gasteiger partial charge in [-0.2, -0.15) is 0 Å². The van der Waals surface area contributed by atoms with E-state index in [2.05, 4.69) is 5.32 Å². The molecule has 24 heavy (non-hydrogen) atoms. The third-order valence-corrected chi connectivity index (χ3v) is 4.53. The predicted octanol–water partition coefficient (Wildman–Crippen LogP) is 4.33. The number of hydrogen-bond acceptors (Lipinski definition) is 3. The molecule has 2 N–H and O–H groups in total. The summed E-state index contributed by atoms with van der Waals surface area (Å²) in [6, 6.07) is 11.3. The number of aryl methyl sites for hydroxylation is 1. The van der Waals surface area contributed by atoms with Crippen LogP contribution in [-0.2, 0) is 4.79 Å². The minimum Gasteiger partial charge on any atom is -0.508 e. The van der Waals surface area contributed by atoms with Gasteiger partial charge in [0.15, 0.2) is 0 Å². The van der Waals surface area contributed by atoms with Gasteiger partial charge in [-0.3, -0.25) is 4.79 Å². The molecular weight excluding hydrogens is 302 g/mol. The zero-order valence-electron chi connectivity index (χ0n) is 14.3. The first kappa shape index (κ1) is 16.4. The highest BCUT2D eigenvalue weighted by molar-refractivity contribution is 5.97. The van der Waals surface area contributed by atoms with E-state index in [1.54, 1.807) is 6.07 Å². The molecule has 0 spiro atoms. The normalized spacial score (nSPS) is 16.4. The molecule has 1 heterocycles. The average molecular weight is 325 g/mol. The summed E-state index contributed by atoms with van der Waals surface area (Å²) >= 11 is 0. The molecule has 1 aliphatic rings. The summed E-state index contributed by atoms with van der Waals surface area (Å²) in [5.41, 5.74) is 3.38. The molecule has 1 amide bonds. The Kier molecular flexibility index (Phi) is 4.47. The number of benzene rings is 2. The Labute approximate surface area is 142 Å². The van der Waals surface area contributed by atoms with Crippen LogP contribution in [0.1, 0.15) is 48.8 Å². The maximum Gasteiger partial charge on any atom is 0.232 e. The van der Waals surface area contributed by atoms with Gasteiger partial charge in [0.05, 0.1) is 12.5 Å². The zero-order valence-corrected chi connectivity index (χ0v) is 14.3. The van der Waals surface area contributed by atoms with Crippen molar-refractivity contribution in [1.82, 2.24) is 0 Å². The van der Waals surface area contributed by atoms with Crippen molar-refractivity contribution in [2.75, 3.05) is 11.9 Å². The molecule has 2 aromatic carbocycles. The molecule has 1 aliphatic heterocycles. The second-order valence-corrected chi connectivity index (χ2v) is 6.60. The first-order chi connectivity index (χ1) is 11.5. The van der Waals surface area contributed by atoms with Crippen LogP contribution < -0.4 is 10.1 Å². The summed E-state index contributed by atoms with van der Waals surface area (Å²) in [5.74, 6) is 0.996. The van der Waals surface area contributed by atoms with Crippen molar-refractivity contribution in [2.24, 2.45) is 0 Å². The lowest BCUT2D eigenvalue weighted by atomic mass is 9.92. The molecule has 0 bridgehead atoms. The fourth-order valence-electron chi connectivity index (χ4n) is 3.14. The van der Waals surface area contributed by atoms with E-state index < -0.39 is 0 Å². The van der Waals surface area contributed by atoms with Gasteiger partial charge in [-0.1, -0.05) is 32.0 Å². The van der Waals surface area contributed by atoms with Crippen LogP contribution in [0, 0.1) is 6.92 Å². The lowest BCUT2D eigenvalue weighted by Gasteiger charge is -2.25. The van der Waals surface area contributed by atoms with E-state index in [1.165, 1.54) is 0 Å². The van der Waals surface area contributed by atoms with E-state index in [-0.39, 0.29) is 23.5 Å². The van der Waals surface area contributed by atoms with Crippen molar-refractivity contribution >= 4 is 11.6 Å². The second-order valence-electron chi connectivity index (χ2n) is 6.60. The molecule has 1 atom stereocenters. The van der Waals surface area contributed by atoms with Gasteiger partial charge < -0.3 is 15.2 Å². The van der Waals surface area contributed by atoms with Crippen LogP contribution in [0.5, 0.6) is 11.5 Å². The summed E-state index contributed by atoms with van der Waals surface area (Å²) in [5, 5.41) is 13.1. The Balaban J connectivity index is 1.87. The SMILES string of the molecule is Cc1cc(O)c(C(C)C)cc1NC(=O)[C@@H]1CCOc2ccccc21. The van der Waals surface area contributed by atoms with E-state index in [1.807, 2.05) is 51.1 Å². The van der Waals surface area contributed by atoms with Crippen molar-refractivity contribution in [3.8, 4) is 11.5 Å². The fraction of sp³-hybridized carbons (Fsp3) is 0.350. The lowest BCUT2D eigenvalue weighted by molar-refractivity contribution is -0.118. The van der Waals surface area contributed by atoms with Gasteiger partial charge in [-0.15, -0.1) is 0 Å². The number of rotatable bonds is 3. The van der Waals surface area contributed by atoms with E-state index in [0.29, 0.717) is 13.0 Å². The number of carbonyl (C=O) groups is 1. The number of nitrogens with one attached hydrogen (secondary N) is 1. The molecule has 0 saturated heterocycles. The zero-order chi connectivity index (χ0) is 17.3. The largest absolute Gasteiger partial charge is 0.508 e. The first-order valence-electron chi connectivity index (χ1n) is 8.33. The Morgan fingerprint density at radius 1 is 1.29 bits per heavy atom. The van der Waals surface area contributed by atoms with Gasteiger partial charge in [0.1, 0.15) is 11.5 Å². The molecular formula is C20H23NO3. The number of carbonyl (C=O) groups excluding carboxylic acids is 1. The van der Waals surface area contributed by atoms with Crippen LogP contribution in [0.3, 0.4) is 0 Å². The van der Waals surface area contributed by atoms with Crippen molar-refractivity contribution in [2.45, 2.75) is 39.0 Å². The van der Waals surface area contributed by atoms with Crippen LogP contribution in [0.2, 0.25) is 0 Å². The van der Waals surface area contributed by atoms with Crippen molar-refractivity contribution < 1.29 is 14.6 Å². The van der Waals surface area contributed by atoms with Crippen molar-refractivity contribution in [3.05, 3.63) is 53.1 Å². The van der Waals surface area contributed by atoms with Crippen molar-refractivity contribution in [3.63, 3.8) is 0 Å². The van der Waals surface area contributed by atoms with E-state index >= 15 is 0 Å². The molecule has 126 valence electrons. The second kappa shape index (κ2) is 6.56. The molecule has 4 heteroatoms. The van der Waals surface area contributed by atoms with Crippen molar-refractivity contribution in [1.29, 1.82) is 0 Å². The molecule has 0 unspecified atom stereocenters. The molecule has 4 nitrogen and oxygen atoms in total. The van der Waals surface area contributed by atoms with Crippen LogP contribution in [0.25, 0.3) is 0 Å². The van der Waals surface area contributed by atoms with Gasteiger partial charge >= 0.3 is 0 Å². The average Bonchev–Trinajstić information content (AvgIpc) is 2.56. The minimum absolute atomic E-state index is 0.0331. The topological polar surface area (TPSA) is 58.6 Å². The van der Waals surface area contributed by atoms with Crippen LogP contribution >= 0.6 is 0 Å². The number of amides is 1. The van der Waals surface area contributed by atoms with Gasteiger partial charge in [-0.05, 0) is 48.6 Å². The molecule has 0 radical (unpaired) electrons. The summed E-state index contributed by atoms with van der Waals surface area (Å²) < 4.78 is 5.63. The highest BCUT2D eigenvalue weighted by atomic mass is 16.5. The number of phenolic OH excluding ortho intramolecular Hbond substituents is 1. The van der Waals surface area contributed by atoms with E-state index in [9.17, 15) is 9.90 Å². The molecule has 3 rings (SSSR count). The number of para-hydroxylation sites is 1. The van der Waals surface area contributed by atoms with Crippen LogP contribution in [0.4, 0.5) is 5.69 Å². The number of fused-ring (bicyclic) bond motifs is 1. The van der Waals surface area contributed by atoms with Crippen LogP contribution in [0.15, 0.2) is 36.4 Å². The summed E-state index contributed by atoms with van der Waals surface area (Å²) in [6.45, 7) is 6.47. The lowest BCUT2D eigenvalue weighted by Crippen LogP contribution is -2.26. The Bertz CT molecular complexity index is 767. The van der Waals surface area contributed by atoms with Gasteiger partial charge in [0.2, 0.25) is 5.91 Å². The third-order valence-electron chi connectivity index (χ3n) is 4.53. The first-order valence-corrected chi connectivity index (χ1v) is 8.33. The highest BCUT2D eigenvalue weighted by Gasteiger charge is 2.27. The van der Waals surface area contributed by atoms with Gasteiger partial charge in [0.25, 0.3) is 0 Å². The summed E-state index contributed by atoms with van der Waals surface area (Å²) in [7, 11) is 0. The Hall–Kier alpha value is -2.49. The fourth-order valence-corrected chi connectivity index (χ4v) is 3.14. The molecule has 2 aromatic rings. The maximum atomic E-state index is 12.8. The van der Waals surface area contributed by atoms with E-state index in [0.717, 1.165) is 28.1 Å². The molecule has 0 aromatic heterocycles. The summed E-state index contributed by atoms with van der Waals surface area (Å²) in [6.07, 6.45) is 0.664. The number of anilines is 1. The van der Waals surface area contributed by atoms with Crippen LogP contribution in [-0.4, -0.2) is 17.6 Å². The Morgan fingerprint density at radius 3 is 2.79 bits per heavy atom. The van der Waals surface area contributed by atoms with E-state index in [4.69, 9.17) is 4.74 Å². The van der Waals surface area contributed by atoms with Gasteiger partial charge in [0, 0.05) is 11.3 Å². The predicted molar refractivity (Wildman–Crippen MR) is 94.9 cm³/mol. The summed E-state index contributed by atoms with van der Waals surface area (Å²) in [4.78, 5) is 12.8. The highest BCUT2D eigenvalue weighted by Crippen LogP contribution is 2.35. The smallest absolute Gasteiger partial charge is 0.232 e. The molecule has 0 fully saturated rings. The van der Waals surface area contributed by atoms with Gasteiger partial charge in [-0.25, -0.2) is 0 Å². The third kappa shape index (κ3) is 3.09. The Morgan fingerprint density at radius 2 is 2.04 bits per heavy atom. The molecule has 0 aliphatic carbocycles. The minimum atomic E-state index is -0.217. The number of ether oxygens (including phenoxy) is 1. The number of aromatic hydroxyl groups is 1. The monoisotopic (exact) mass is 325 g/mol. The standard InChI is InChI=1S/C20H23NO3/c1-12(2)16-11-17(13(3)10-18(16)22)21-20(23)15-8-9-24-19-7-5-4-6-14(15)19/h4-7,10-12,15,22H,8-9H2,1-3H3,(H,21,23)/t15-/m1/s1.